The van der Waals surface area contributed by atoms with Crippen LogP contribution >= 0.6 is 0 Å². The molecule has 0 radical (unpaired) electrons. The third-order valence-corrected chi connectivity index (χ3v) is 4.63. The van der Waals surface area contributed by atoms with Gasteiger partial charge in [-0.2, -0.15) is 0 Å². The summed E-state index contributed by atoms with van der Waals surface area (Å²) >= 11 is 0. The summed E-state index contributed by atoms with van der Waals surface area (Å²) in [6.07, 6.45) is 4.52. The summed E-state index contributed by atoms with van der Waals surface area (Å²) < 4.78 is 0. The topological polar surface area (TPSA) is 127 Å². The molecule has 3 rings (SSSR count). The predicted octanol–water partition coefficient (Wildman–Crippen LogP) is 1.71. The van der Waals surface area contributed by atoms with E-state index in [4.69, 9.17) is 16.6 Å². The van der Waals surface area contributed by atoms with Crippen LogP contribution in [0.15, 0.2) is 35.5 Å². The van der Waals surface area contributed by atoms with Crippen LogP contribution in [-0.4, -0.2) is 60.8 Å². The molecule has 1 saturated heterocycles. The third-order valence-electron chi connectivity index (χ3n) is 4.63. The Morgan fingerprint density at radius 1 is 1.39 bits per heavy atom. The van der Waals surface area contributed by atoms with Gasteiger partial charge in [0.15, 0.2) is 0 Å². The van der Waals surface area contributed by atoms with Gasteiger partial charge in [0.1, 0.15) is 5.82 Å². The van der Waals surface area contributed by atoms with Crippen molar-refractivity contribution in [3.05, 3.63) is 47.4 Å². The highest BCUT2D eigenvalue weighted by atomic mass is 15.2. The van der Waals surface area contributed by atoms with Crippen LogP contribution in [0, 0.1) is 10.8 Å². The Bertz CT molecular complexity index is 870. The van der Waals surface area contributed by atoms with Crippen LogP contribution in [-0.2, 0) is 0 Å². The number of piperazine rings is 1. The Balaban J connectivity index is 1.90. The summed E-state index contributed by atoms with van der Waals surface area (Å²) in [4.78, 5) is 15.4. The minimum atomic E-state index is -0.341. The van der Waals surface area contributed by atoms with Gasteiger partial charge in [-0.15, -0.1) is 0 Å². The van der Waals surface area contributed by atoms with Crippen molar-refractivity contribution in [3.63, 3.8) is 0 Å². The first-order valence-corrected chi connectivity index (χ1v) is 9.42. The molecule has 2 aromatic heterocycles. The van der Waals surface area contributed by atoms with Crippen molar-refractivity contribution >= 4 is 29.6 Å². The van der Waals surface area contributed by atoms with Crippen LogP contribution < -0.4 is 16.0 Å². The highest BCUT2D eigenvalue weighted by Gasteiger charge is 2.17. The maximum atomic E-state index is 8.66. The van der Waals surface area contributed by atoms with E-state index in [1.807, 2.05) is 25.1 Å². The fraction of sp³-hybridized carbons (Fsp3) is 0.350. The molecule has 5 N–H and O–H groups in total. The Kier molecular flexibility index (Phi) is 6.44. The second kappa shape index (κ2) is 9.18. The van der Waals surface area contributed by atoms with E-state index in [1.165, 1.54) is 12.4 Å². The van der Waals surface area contributed by atoms with Gasteiger partial charge in [-0.3, -0.25) is 15.4 Å². The molecule has 1 atom stereocenters. The van der Waals surface area contributed by atoms with Gasteiger partial charge in [-0.25, -0.2) is 4.98 Å². The average Bonchev–Trinajstić information content (AvgIpc) is 2.75. The third kappa shape index (κ3) is 4.40. The number of nitrogens with two attached hydrogens (primary N) is 1. The van der Waals surface area contributed by atoms with Crippen molar-refractivity contribution in [1.29, 1.82) is 10.8 Å². The average molecular weight is 378 g/mol. The quantitative estimate of drug-likeness (QED) is 0.546. The number of rotatable bonds is 7. The molecule has 2 aromatic rings. The Labute approximate surface area is 164 Å². The zero-order valence-electron chi connectivity index (χ0n) is 16.0. The molecule has 1 aliphatic rings. The molecule has 0 spiro atoms. The summed E-state index contributed by atoms with van der Waals surface area (Å²) in [6, 6.07) is 7.46. The van der Waals surface area contributed by atoms with Gasteiger partial charge in [0.2, 0.25) is 0 Å². The first kappa shape index (κ1) is 19.6. The van der Waals surface area contributed by atoms with Crippen molar-refractivity contribution in [1.82, 2.24) is 15.3 Å². The fourth-order valence-corrected chi connectivity index (χ4v) is 3.08. The molecule has 0 aliphatic carbocycles. The first-order valence-electron chi connectivity index (χ1n) is 9.42. The molecule has 1 fully saturated rings. The van der Waals surface area contributed by atoms with Crippen LogP contribution in [0.5, 0.6) is 0 Å². The van der Waals surface area contributed by atoms with E-state index in [-0.39, 0.29) is 11.6 Å². The van der Waals surface area contributed by atoms with Crippen LogP contribution in [0.4, 0.5) is 11.5 Å². The summed E-state index contributed by atoms with van der Waals surface area (Å²) in [7, 11) is 0. The van der Waals surface area contributed by atoms with E-state index in [1.54, 1.807) is 12.3 Å². The zero-order valence-corrected chi connectivity index (χ0v) is 16.0. The smallest absolute Gasteiger partial charge is 0.129 e. The standard InChI is InChI=1S/C20H26N8/c1-2-24-12-14(11-21)18-10-15(16(22)13-26-18)20(23)17-4-3-5-19(27-17)28-8-6-25-7-9-28/h3-5,10-14,21,23,25H,2,6-9,22H2,1H3. The molecule has 0 bridgehead atoms. The monoisotopic (exact) mass is 378 g/mol. The number of aliphatic imine (C=N–C) groups is 1. The van der Waals surface area contributed by atoms with E-state index in [9.17, 15) is 0 Å². The maximum absolute atomic E-state index is 8.66. The van der Waals surface area contributed by atoms with Crippen molar-refractivity contribution < 1.29 is 0 Å². The van der Waals surface area contributed by atoms with Crippen molar-refractivity contribution in [2.24, 2.45) is 4.99 Å². The van der Waals surface area contributed by atoms with Gasteiger partial charge in [0.25, 0.3) is 0 Å². The number of pyridine rings is 2. The van der Waals surface area contributed by atoms with Gasteiger partial charge in [-0.1, -0.05) is 6.07 Å². The molecule has 0 saturated carbocycles. The lowest BCUT2D eigenvalue weighted by atomic mass is 10.0. The van der Waals surface area contributed by atoms with Gasteiger partial charge in [0.05, 0.1) is 34.9 Å². The van der Waals surface area contributed by atoms with Crippen LogP contribution in [0.2, 0.25) is 0 Å². The number of anilines is 2. The van der Waals surface area contributed by atoms with E-state index in [0.29, 0.717) is 29.2 Å². The van der Waals surface area contributed by atoms with Gasteiger partial charge in [0, 0.05) is 50.7 Å². The van der Waals surface area contributed by atoms with E-state index < -0.39 is 0 Å². The summed E-state index contributed by atoms with van der Waals surface area (Å²) in [5.74, 6) is 0.524. The van der Waals surface area contributed by atoms with Gasteiger partial charge >= 0.3 is 0 Å². The second-order valence-corrected chi connectivity index (χ2v) is 6.53. The zero-order chi connectivity index (χ0) is 19.9. The SMILES string of the molecule is CCN=CC(C=N)c1cc(C(=N)c2cccc(N3CCNCC3)n2)c(N)cn1. The number of nitrogens with one attached hydrogen (secondary N) is 3. The van der Waals surface area contributed by atoms with Crippen LogP contribution in [0.25, 0.3) is 0 Å². The van der Waals surface area contributed by atoms with Crippen molar-refractivity contribution in [2.45, 2.75) is 12.8 Å². The summed E-state index contributed by atoms with van der Waals surface area (Å²) in [6.45, 7) is 6.21. The van der Waals surface area contributed by atoms with Crippen LogP contribution in [0.1, 0.15) is 29.8 Å². The molecule has 8 heteroatoms. The minimum Gasteiger partial charge on any atom is -0.397 e. The summed E-state index contributed by atoms with van der Waals surface area (Å²) in [5, 5.41) is 19.6. The Hall–Kier alpha value is -3.13. The van der Waals surface area contributed by atoms with E-state index >= 15 is 0 Å². The number of nitrogen functional groups attached to an aromatic ring is 1. The summed E-state index contributed by atoms with van der Waals surface area (Å²) in [5.41, 5.74) is 8.53. The van der Waals surface area contributed by atoms with E-state index in [2.05, 4.69) is 25.2 Å². The maximum Gasteiger partial charge on any atom is 0.129 e. The number of aromatic nitrogens is 2. The van der Waals surface area contributed by atoms with Crippen molar-refractivity contribution in [2.75, 3.05) is 43.4 Å². The van der Waals surface area contributed by atoms with Crippen LogP contribution in [0.3, 0.4) is 0 Å². The molecule has 146 valence electrons. The Morgan fingerprint density at radius 2 is 2.18 bits per heavy atom. The normalized spacial score (nSPS) is 15.5. The lowest BCUT2D eigenvalue weighted by molar-refractivity contribution is 0.585. The van der Waals surface area contributed by atoms with Crippen molar-refractivity contribution in [3.8, 4) is 0 Å². The first-order chi connectivity index (χ1) is 13.6. The molecule has 3 heterocycles. The van der Waals surface area contributed by atoms with E-state index in [0.717, 1.165) is 32.0 Å². The predicted molar refractivity (Wildman–Crippen MR) is 114 cm³/mol. The molecule has 0 aromatic carbocycles. The lowest BCUT2D eigenvalue weighted by Crippen LogP contribution is -2.44. The number of nitrogens with zero attached hydrogens (tertiary/aromatic N) is 4. The molecular weight excluding hydrogens is 352 g/mol. The molecule has 1 unspecified atom stereocenters. The highest BCUT2D eigenvalue weighted by molar-refractivity contribution is 6.13. The highest BCUT2D eigenvalue weighted by Crippen LogP contribution is 2.21. The largest absolute Gasteiger partial charge is 0.397 e. The fourth-order valence-electron chi connectivity index (χ4n) is 3.08. The number of hydrogen-bond acceptors (Lipinski definition) is 8. The number of hydrogen-bond donors (Lipinski definition) is 4. The van der Waals surface area contributed by atoms with Gasteiger partial charge < -0.3 is 21.4 Å². The molecule has 28 heavy (non-hydrogen) atoms. The minimum absolute atomic E-state index is 0.245. The molecular formula is C20H26N8. The second-order valence-electron chi connectivity index (χ2n) is 6.53. The lowest BCUT2D eigenvalue weighted by Gasteiger charge is -2.28. The Morgan fingerprint density at radius 3 is 2.89 bits per heavy atom. The van der Waals surface area contributed by atoms with Gasteiger partial charge in [-0.05, 0) is 25.1 Å². The molecule has 0 amide bonds. The molecule has 1 aliphatic heterocycles. The molecule has 8 nitrogen and oxygen atoms in total.